The Morgan fingerprint density at radius 1 is 1.07 bits per heavy atom. The van der Waals surface area contributed by atoms with Crippen LogP contribution in [0.2, 0.25) is 5.02 Å². The molecule has 156 valence electrons. The molecule has 7 nitrogen and oxygen atoms in total. The van der Waals surface area contributed by atoms with Crippen molar-refractivity contribution in [2.24, 2.45) is 0 Å². The number of halogens is 1. The summed E-state index contributed by atoms with van der Waals surface area (Å²) in [6.45, 7) is 2.32. The highest BCUT2D eigenvalue weighted by atomic mass is 35.5. The topological polar surface area (TPSA) is 93.1 Å². The number of aromatic nitrogens is 2. The Hall–Kier alpha value is -2.84. The third-order valence-electron chi connectivity index (χ3n) is 4.25. The van der Waals surface area contributed by atoms with E-state index in [4.69, 9.17) is 11.6 Å². The maximum Gasteiger partial charge on any atom is 0.290 e. The second-order valence-electron chi connectivity index (χ2n) is 6.54. The van der Waals surface area contributed by atoms with Crippen molar-refractivity contribution in [1.82, 2.24) is 20.6 Å². The van der Waals surface area contributed by atoms with Gasteiger partial charge in [-0.15, -0.1) is 11.8 Å². The van der Waals surface area contributed by atoms with Gasteiger partial charge in [0.25, 0.3) is 11.5 Å². The van der Waals surface area contributed by atoms with Gasteiger partial charge in [0, 0.05) is 22.7 Å². The van der Waals surface area contributed by atoms with Crippen LogP contribution in [0.3, 0.4) is 0 Å². The number of benzene rings is 2. The van der Waals surface area contributed by atoms with Crippen molar-refractivity contribution in [1.29, 1.82) is 0 Å². The van der Waals surface area contributed by atoms with Crippen LogP contribution in [-0.2, 0) is 17.1 Å². The van der Waals surface area contributed by atoms with Gasteiger partial charge >= 0.3 is 0 Å². The highest BCUT2D eigenvalue weighted by molar-refractivity contribution is 7.99. The normalized spacial score (nSPS) is 10.7. The number of amides is 2. The van der Waals surface area contributed by atoms with Crippen molar-refractivity contribution < 1.29 is 9.59 Å². The van der Waals surface area contributed by atoms with Crippen molar-refractivity contribution >= 4 is 45.9 Å². The van der Waals surface area contributed by atoms with Crippen molar-refractivity contribution in [3.8, 4) is 0 Å². The maximum absolute atomic E-state index is 12.6. The Morgan fingerprint density at radius 2 is 1.77 bits per heavy atom. The number of hydrazine groups is 1. The number of rotatable bonds is 7. The van der Waals surface area contributed by atoms with Gasteiger partial charge in [0.15, 0.2) is 5.69 Å². The summed E-state index contributed by atoms with van der Waals surface area (Å²) in [5.74, 6) is -0.0975. The molecule has 0 atom stereocenters. The zero-order valence-electron chi connectivity index (χ0n) is 16.4. The number of hydrogen-bond donors (Lipinski definition) is 2. The second kappa shape index (κ2) is 10.3. The molecule has 3 aromatic rings. The van der Waals surface area contributed by atoms with E-state index in [0.29, 0.717) is 34.5 Å². The molecule has 1 heterocycles. The SMILES string of the molecule is CCCn1nc(C(=O)NNC(=O)CSCc2ccc(Cl)cc2)c2ccccc2c1=O. The lowest BCUT2D eigenvalue weighted by Gasteiger charge is -2.11. The summed E-state index contributed by atoms with van der Waals surface area (Å²) in [5.41, 5.74) is 5.69. The van der Waals surface area contributed by atoms with Gasteiger partial charge in [-0.25, -0.2) is 4.68 Å². The number of hydrogen-bond acceptors (Lipinski definition) is 5. The fraction of sp³-hybridized carbons (Fsp3) is 0.238. The van der Waals surface area contributed by atoms with Gasteiger partial charge in [-0.2, -0.15) is 5.10 Å². The summed E-state index contributed by atoms with van der Waals surface area (Å²) in [5, 5.41) is 5.72. The molecule has 0 bridgehead atoms. The summed E-state index contributed by atoms with van der Waals surface area (Å²) < 4.78 is 1.28. The third-order valence-corrected chi connectivity index (χ3v) is 5.50. The van der Waals surface area contributed by atoms with Gasteiger partial charge < -0.3 is 0 Å². The predicted octanol–water partition coefficient (Wildman–Crippen LogP) is 3.15. The number of nitrogens with zero attached hydrogens (tertiary/aromatic N) is 2. The first-order chi connectivity index (χ1) is 14.5. The van der Waals surface area contributed by atoms with Gasteiger partial charge in [-0.3, -0.25) is 25.2 Å². The van der Waals surface area contributed by atoms with Crippen LogP contribution in [0.1, 0.15) is 29.4 Å². The van der Waals surface area contributed by atoms with E-state index in [1.54, 1.807) is 36.4 Å². The van der Waals surface area contributed by atoms with Crippen LogP contribution in [0.4, 0.5) is 0 Å². The number of carbonyl (C=O) groups is 2. The number of fused-ring (bicyclic) bond motifs is 1. The molecule has 0 spiro atoms. The van der Waals surface area contributed by atoms with Gasteiger partial charge in [-0.1, -0.05) is 48.9 Å². The predicted molar refractivity (Wildman–Crippen MR) is 120 cm³/mol. The van der Waals surface area contributed by atoms with E-state index in [1.165, 1.54) is 16.4 Å². The van der Waals surface area contributed by atoms with E-state index in [1.807, 2.05) is 19.1 Å². The molecule has 2 aromatic carbocycles. The zero-order valence-corrected chi connectivity index (χ0v) is 17.9. The molecule has 3 rings (SSSR count). The zero-order chi connectivity index (χ0) is 21.5. The fourth-order valence-electron chi connectivity index (χ4n) is 2.83. The average molecular weight is 445 g/mol. The Bertz CT molecular complexity index is 1120. The largest absolute Gasteiger partial charge is 0.290 e. The summed E-state index contributed by atoms with van der Waals surface area (Å²) in [4.78, 5) is 37.2. The molecule has 0 unspecified atom stereocenters. The van der Waals surface area contributed by atoms with E-state index in [0.717, 1.165) is 5.56 Å². The number of thioether (sulfide) groups is 1. The summed E-state index contributed by atoms with van der Waals surface area (Å²) in [6.07, 6.45) is 0.702. The number of nitrogens with one attached hydrogen (secondary N) is 2. The standard InChI is InChI=1S/C21H21ClN4O3S/c1-2-11-26-21(29)17-6-4-3-5-16(17)19(25-26)20(28)24-23-18(27)13-30-12-14-7-9-15(22)10-8-14/h3-10H,2,11-13H2,1H3,(H,23,27)(H,24,28). The minimum Gasteiger partial charge on any atom is -0.272 e. The van der Waals surface area contributed by atoms with E-state index in [2.05, 4.69) is 16.0 Å². The summed E-state index contributed by atoms with van der Waals surface area (Å²) in [7, 11) is 0. The fourth-order valence-corrected chi connectivity index (χ4v) is 3.74. The Kier molecular flexibility index (Phi) is 7.48. The molecule has 30 heavy (non-hydrogen) atoms. The van der Waals surface area contributed by atoms with Crippen LogP contribution >= 0.6 is 23.4 Å². The van der Waals surface area contributed by atoms with Crippen molar-refractivity contribution in [3.63, 3.8) is 0 Å². The average Bonchev–Trinajstić information content (AvgIpc) is 2.75. The molecule has 0 aliphatic carbocycles. The van der Waals surface area contributed by atoms with Crippen LogP contribution in [0.5, 0.6) is 0 Å². The van der Waals surface area contributed by atoms with Crippen LogP contribution in [0.15, 0.2) is 53.3 Å². The minimum atomic E-state index is -0.577. The molecule has 0 aliphatic heterocycles. The molecule has 9 heteroatoms. The number of aryl methyl sites for hydroxylation is 1. The monoisotopic (exact) mass is 444 g/mol. The van der Waals surface area contributed by atoms with E-state index in [9.17, 15) is 14.4 Å². The summed E-state index contributed by atoms with van der Waals surface area (Å²) in [6, 6.07) is 14.2. The molecule has 0 fully saturated rings. The van der Waals surface area contributed by atoms with Gasteiger partial charge in [0.05, 0.1) is 11.1 Å². The first kappa shape index (κ1) is 21.9. The Balaban J connectivity index is 1.62. The molecule has 0 saturated carbocycles. The lowest BCUT2D eigenvalue weighted by Crippen LogP contribution is -2.43. The number of carbonyl (C=O) groups excluding carboxylic acids is 2. The highest BCUT2D eigenvalue weighted by Crippen LogP contribution is 2.15. The minimum absolute atomic E-state index is 0.0905. The quantitative estimate of drug-likeness (QED) is 0.546. The van der Waals surface area contributed by atoms with Gasteiger partial charge in [0.1, 0.15) is 0 Å². The molecule has 1 aromatic heterocycles. The van der Waals surface area contributed by atoms with E-state index >= 15 is 0 Å². The molecule has 2 amide bonds. The van der Waals surface area contributed by atoms with Crippen molar-refractivity contribution in [3.05, 3.63) is 75.2 Å². The lowest BCUT2D eigenvalue weighted by atomic mass is 10.1. The van der Waals surface area contributed by atoms with Crippen molar-refractivity contribution in [2.45, 2.75) is 25.6 Å². The van der Waals surface area contributed by atoms with Crippen LogP contribution in [-0.4, -0.2) is 27.3 Å². The first-order valence-corrected chi connectivity index (χ1v) is 10.9. The smallest absolute Gasteiger partial charge is 0.272 e. The molecule has 0 aliphatic rings. The summed E-state index contributed by atoms with van der Waals surface area (Å²) >= 11 is 7.27. The Morgan fingerprint density at radius 3 is 2.47 bits per heavy atom. The molecule has 0 saturated heterocycles. The van der Waals surface area contributed by atoms with Crippen LogP contribution < -0.4 is 16.4 Å². The lowest BCUT2D eigenvalue weighted by molar-refractivity contribution is -0.119. The van der Waals surface area contributed by atoms with Gasteiger partial charge in [-0.05, 0) is 30.2 Å². The first-order valence-electron chi connectivity index (χ1n) is 9.41. The van der Waals surface area contributed by atoms with E-state index in [-0.39, 0.29) is 22.9 Å². The Labute approximate surface area is 182 Å². The third kappa shape index (κ3) is 5.40. The van der Waals surface area contributed by atoms with Gasteiger partial charge in [0.2, 0.25) is 5.91 Å². The second-order valence-corrected chi connectivity index (χ2v) is 7.97. The van der Waals surface area contributed by atoms with E-state index < -0.39 is 5.91 Å². The maximum atomic E-state index is 12.6. The molecule has 2 N–H and O–H groups in total. The molecular formula is C21H21ClN4O3S. The van der Waals surface area contributed by atoms with Crippen LogP contribution in [0, 0.1) is 0 Å². The highest BCUT2D eigenvalue weighted by Gasteiger charge is 2.17. The molecular weight excluding hydrogens is 424 g/mol. The molecule has 0 radical (unpaired) electrons. The van der Waals surface area contributed by atoms with Crippen molar-refractivity contribution in [2.75, 3.05) is 5.75 Å². The van der Waals surface area contributed by atoms with Crippen LogP contribution in [0.25, 0.3) is 10.8 Å².